The van der Waals surface area contributed by atoms with E-state index < -0.39 is 6.43 Å². The summed E-state index contributed by atoms with van der Waals surface area (Å²) in [7, 11) is 0. The first-order valence-electron chi connectivity index (χ1n) is 4.35. The number of likely N-dealkylation sites (tertiary alicyclic amines) is 1. The lowest BCUT2D eigenvalue weighted by Gasteiger charge is -2.34. The standard InChI is InChI=1S/C8H16F2N2/c1-6-4-12(5-8(9)10)3-2-7(6)11/h6-8H,2-5,11H2,1H3. The third-order valence-corrected chi connectivity index (χ3v) is 2.45. The molecule has 12 heavy (non-hydrogen) atoms. The average molecular weight is 178 g/mol. The van der Waals surface area contributed by atoms with Gasteiger partial charge in [0.05, 0.1) is 6.54 Å². The van der Waals surface area contributed by atoms with Gasteiger partial charge in [-0.25, -0.2) is 8.78 Å². The maximum atomic E-state index is 12.0. The van der Waals surface area contributed by atoms with E-state index >= 15 is 0 Å². The third-order valence-electron chi connectivity index (χ3n) is 2.45. The van der Waals surface area contributed by atoms with Crippen LogP contribution in [0.4, 0.5) is 8.78 Å². The molecule has 0 bridgehead atoms. The second kappa shape index (κ2) is 4.14. The van der Waals surface area contributed by atoms with E-state index in [1.165, 1.54) is 0 Å². The van der Waals surface area contributed by atoms with Gasteiger partial charge in [0.15, 0.2) is 0 Å². The van der Waals surface area contributed by atoms with Crippen molar-refractivity contribution in [3.63, 3.8) is 0 Å². The zero-order chi connectivity index (χ0) is 9.14. The predicted octanol–water partition coefficient (Wildman–Crippen LogP) is 0.921. The van der Waals surface area contributed by atoms with E-state index in [1.807, 2.05) is 6.92 Å². The molecule has 2 N–H and O–H groups in total. The molecule has 1 saturated heterocycles. The van der Waals surface area contributed by atoms with E-state index in [2.05, 4.69) is 0 Å². The maximum absolute atomic E-state index is 12.0. The second-order valence-electron chi connectivity index (χ2n) is 3.58. The SMILES string of the molecule is CC1CN(CC(F)F)CCC1N. The van der Waals surface area contributed by atoms with E-state index in [4.69, 9.17) is 5.73 Å². The van der Waals surface area contributed by atoms with Gasteiger partial charge in [-0.05, 0) is 18.9 Å². The van der Waals surface area contributed by atoms with E-state index in [-0.39, 0.29) is 12.6 Å². The van der Waals surface area contributed by atoms with Crippen molar-refractivity contribution in [3.8, 4) is 0 Å². The Kier molecular flexibility index (Phi) is 3.40. The normalized spacial score (nSPS) is 32.8. The molecule has 0 aromatic heterocycles. The van der Waals surface area contributed by atoms with Crippen LogP contribution in [0.1, 0.15) is 13.3 Å². The van der Waals surface area contributed by atoms with Crippen LogP contribution in [0.2, 0.25) is 0 Å². The highest BCUT2D eigenvalue weighted by molar-refractivity contribution is 4.80. The Hall–Kier alpha value is -0.220. The molecule has 0 aliphatic carbocycles. The van der Waals surface area contributed by atoms with Crippen LogP contribution in [-0.4, -0.2) is 37.0 Å². The first-order chi connectivity index (χ1) is 5.59. The summed E-state index contributed by atoms with van der Waals surface area (Å²) in [5.41, 5.74) is 5.76. The highest BCUT2D eigenvalue weighted by Gasteiger charge is 2.24. The highest BCUT2D eigenvalue weighted by Crippen LogP contribution is 2.15. The molecular weight excluding hydrogens is 162 g/mol. The summed E-state index contributed by atoms with van der Waals surface area (Å²) in [6.45, 7) is 3.35. The minimum absolute atomic E-state index is 0.100. The van der Waals surface area contributed by atoms with Gasteiger partial charge in [0.1, 0.15) is 0 Å². The van der Waals surface area contributed by atoms with Gasteiger partial charge in [-0.15, -0.1) is 0 Å². The maximum Gasteiger partial charge on any atom is 0.251 e. The van der Waals surface area contributed by atoms with Crippen molar-refractivity contribution in [2.24, 2.45) is 11.7 Å². The Labute approximate surface area is 71.7 Å². The van der Waals surface area contributed by atoms with Gasteiger partial charge in [0, 0.05) is 12.6 Å². The van der Waals surface area contributed by atoms with Crippen LogP contribution >= 0.6 is 0 Å². The molecule has 2 atom stereocenters. The summed E-state index contributed by atoms with van der Waals surface area (Å²) < 4.78 is 23.9. The van der Waals surface area contributed by atoms with Crippen molar-refractivity contribution in [2.75, 3.05) is 19.6 Å². The number of rotatable bonds is 2. The molecule has 2 nitrogen and oxygen atoms in total. The fourth-order valence-electron chi connectivity index (χ4n) is 1.61. The molecule has 1 aliphatic rings. The Balaban J connectivity index is 2.30. The van der Waals surface area contributed by atoms with Gasteiger partial charge in [-0.3, -0.25) is 4.90 Å². The monoisotopic (exact) mass is 178 g/mol. The summed E-state index contributed by atoms with van der Waals surface area (Å²) in [6, 6.07) is 0.193. The van der Waals surface area contributed by atoms with Crippen LogP contribution in [0.25, 0.3) is 0 Å². The van der Waals surface area contributed by atoms with Crippen molar-refractivity contribution in [2.45, 2.75) is 25.8 Å². The number of hydrogen-bond acceptors (Lipinski definition) is 2. The minimum atomic E-state index is -2.22. The first-order valence-corrected chi connectivity index (χ1v) is 4.35. The predicted molar refractivity (Wildman–Crippen MR) is 44.2 cm³/mol. The minimum Gasteiger partial charge on any atom is -0.327 e. The Morgan fingerprint density at radius 2 is 2.25 bits per heavy atom. The highest BCUT2D eigenvalue weighted by atomic mass is 19.3. The quantitative estimate of drug-likeness (QED) is 0.681. The molecule has 1 aliphatic heterocycles. The molecule has 72 valence electrons. The number of piperidine rings is 1. The van der Waals surface area contributed by atoms with Gasteiger partial charge in [-0.1, -0.05) is 6.92 Å². The fraction of sp³-hybridized carbons (Fsp3) is 1.00. The average Bonchev–Trinajstić information content (AvgIpc) is 1.96. The summed E-state index contributed by atoms with van der Waals surface area (Å²) in [5, 5.41) is 0. The third kappa shape index (κ3) is 2.68. The Morgan fingerprint density at radius 1 is 1.58 bits per heavy atom. The van der Waals surface area contributed by atoms with Gasteiger partial charge < -0.3 is 5.73 Å². The second-order valence-corrected chi connectivity index (χ2v) is 3.58. The molecule has 2 unspecified atom stereocenters. The number of nitrogens with zero attached hydrogens (tertiary/aromatic N) is 1. The van der Waals surface area contributed by atoms with Crippen LogP contribution in [0.5, 0.6) is 0 Å². The lowest BCUT2D eigenvalue weighted by molar-refractivity contribution is 0.0623. The van der Waals surface area contributed by atoms with Crippen molar-refractivity contribution >= 4 is 0 Å². The van der Waals surface area contributed by atoms with Gasteiger partial charge in [0.25, 0.3) is 6.43 Å². The van der Waals surface area contributed by atoms with Crippen molar-refractivity contribution in [1.29, 1.82) is 0 Å². The molecule has 4 heteroatoms. The van der Waals surface area contributed by atoms with Crippen molar-refractivity contribution in [1.82, 2.24) is 4.90 Å². The molecule has 0 aromatic carbocycles. The summed E-state index contributed by atoms with van der Waals surface area (Å²) in [6.07, 6.45) is -1.38. The van der Waals surface area contributed by atoms with Gasteiger partial charge in [-0.2, -0.15) is 0 Å². The molecule has 0 aromatic rings. The lowest BCUT2D eigenvalue weighted by atomic mass is 9.95. The lowest BCUT2D eigenvalue weighted by Crippen LogP contribution is -2.47. The Bertz CT molecular complexity index is 141. The van der Waals surface area contributed by atoms with Crippen molar-refractivity contribution < 1.29 is 8.78 Å². The first kappa shape index (κ1) is 9.86. The van der Waals surface area contributed by atoms with Crippen LogP contribution < -0.4 is 5.73 Å². The number of halogens is 2. The molecule has 0 radical (unpaired) electrons. The molecular formula is C8H16F2N2. The van der Waals surface area contributed by atoms with E-state index in [0.717, 1.165) is 13.0 Å². The zero-order valence-corrected chi connectivity index (χ0v) is 7.34. The number of alkyl halides is 2. The van der Waals surface area contributed by atoms with Gasteiger partial charge >= 0.3 is 0 Å². The van der Waals surface area contributed by atoms with Crippen LogP contribution in [-0.2, 0) is 0 Å². The largest absolute Gasteiger partial charge is 0.327 e. The molecule has 0 spiro atoms. The van der Waals surface area contributed by atoms with E-state index in [0.29, 0.717) is 12.5 Å². The molecule has 0 saturated carbocycles. The van der Waals surface area contributed by atoms with E-state index in [1.54, 1.807) is 4.90 Å². The Morgan fingerprint density at radius 3 is 2.75 bits per heavy atom. The fourth-order valence-corrected chi connectivity index (χ4v) is 1.61. The van der Waals surface area contributed by atoms with Crippen LogP contribution in [0.3, 0.4) is 0 Å². The summed E-state index contributed by atoms with van der Waals surface area (Å²) in [4.78, 5) is 1.79. The molecule has 1 fully saturated rings. The molecule has 1 rings (SSSR count). The summed E-state index contributed by atoms with van der Waals surface area (Å²) >= 11 is 0. The summed E-state index contributed by atoms with van der Waals surface area (Å²) in [5.74, 6) is 0.345. The smallest absolute Gasteiger partial charge is 0.251 e. The van der Waals surface area contributed by atoms with E-state index in [9.17, 15) is 8.78 Å². The van der Waals surface area contributed by atoms with Crippen LogP contribution in [0.15, 0.2) is 0 Å². The number of hydrogen-bond donors (Lipinski definition) is 1. The van der Waals surface area contributed by atoms with Crippen molar-refractivity contribution in [3.05, 3.63) is 0 Å². The molecule has 0 amide bonds. The van der Waals surface area contributed by atoms with Gasteiger partial charge in [0.2, 0.25) is 0 Å². The topological polar surface area (TPSA) is 29.3 Å². The molecule has 1 heterocycles. The van der Waals surface area contributed by atoms with Crippen LogP contribution in [0, 0.1) is 5.92 Å². The number of nitrogens with two attached hydrogens (primary N) is 1. The zero-order valence-electron chi connectivity index (χ0n) is 7.34.